The molecule has 2 aliphatic rings. The van der Waals surface area contributed by atoms with Crippen LogP contribution in [0.1, 0.15) is 48.0 Å². The molecule has 152 valence electrons. The molecule has 0 bridgehead atoms. The zero-order valence-electron chi connectivity index (χ0n) is 16.6. The Balaban J connectivity index is 1.52. The Morgan fingerprint density at radius 2 is 1.59 bits per heavy atom. The van der Waals surface area contributed by atoms with Crippen LogP contribution in [0.4, 0.5) is 0 Å². The molecule has 1 aliphatic carbocycles. The van der Waals surface area contributed by atoms with Gasteiger partial charge in [-0.3, -0.25) is 9.59 Å². The van der Waals surface area contributed by atoms with Crippen LogP contribution in [0, 0.1) is 5.92 Å². The molecule has 2 unspecified atom stereocenters. The quantitative estimate of drug-likeness (QED) is 0.794. The van der Waals surface area contributed by atoms with Crippen molar-refractivity contribution in [1.82, 2.24) is 10.2 Å². The lowest BCUT2D eigenvalue weighted by atomic mass is 9.88. The molecule has 1 N–H and O–H groups in total. The molecular weight excluding hydrogens is 380 g/mol. The summed E-state index contributed by atoms with van der Waals surface area (Å²) in [6, 6.07) is 18.9. The average Bonchev–Trinajstić information content (AvgIpc) is 3.24. The molecule has 2 aromatic carbocycles. The van der Waals surface area contributed by atoms with Gasteiger partial charge >= 0.3 is 0 Å². The molecule has 2 atom stereocenters. The number of nitrogens with one attached hydrogen (secondary N) is 1. The third-order valence-corrected chi connectivity index (χ3v) is 7.42. The minimum Gasteiger partial charge on any atom is -0.350 e. The summed E-state index contributed by atoms with van der Waals surface area (Å²) < 4.78 is 0. The highest BCUT2D eigenvalue weighted by molar-refractivity contribution is 8.00. The predicted octanol–water partition coefficient (Wildman–Crippen LogP) is 4.47. The highest BCUT2D eigenvalue weighted by Gasteiger charge is 2.45. The number of hydrogen-bond acceptors (Lipinski definition) is 3. The number of carbonyl (C=O) groups is 2. The van der Waals surface area contributed by atoms with E-state index in [2.05, 4.69) is 5.32 Å². The van der Waals surface area contributed by atoms with Crippen molar-refractivity contribution in [3.63, 3.8) is 0 Å². The smallest absolute Gasteiger partial charge is 0.255 e. The molecule has 0 aromatic heterocycles. The van der Waals surface area contributed by atoms with Crippen molar-refractivity contribution in [2.75, 3.05) is 5.75 Å². The largest absolute Gasteiger partial charge is 0.350 e. The Hall–Kier alpha value is -2.27. The molecule has 1 saturated heterocycles. The first-order chi connectivity index (χ1) is 14.2. The van der Waals surface area contributed by atoms with E-state index in [9.17, 15) is 9.59 Å². The SMILES string of the molecule is O=C(NCc1ccccc1)C1CSC(C2CCCCC2)N1C(=O)c1ccccc1. The highest BCUT2D eigenvalue weighted by atomic mass is 32.2. The molecule has 1 heterocycles. The summed E-state index contributed by atoms with van der Waals surface area (Å²) in [6.45, 7) is 0.488. The van der Waals surface area contributed by atoms with Crippen molar-refractivity contribution in [3.8, 4) is 0 Å². The van der Waals surface area contributed by atoms with E-state index in [1.54, 1.807) is 11.8 Å². The average molecular weight is 409 g/mol. The number of thioether (sulfide) groups is 1. The van der Waals surface area contributed by atoms with E-state index in [4.69, 9.17) is 0 Å². The lowest BCUT2D eigenvalue weighted by molar-refractivity contribution is -0.125. The Morgan fingerprint density at radius 3 is 2.28 bits per heavy atom. The Bertz CT molecular complexity index is 821. The summed E-state index contributed by atoms with van der Waals surface area (Å²) in [7, 11) is 0. The van der Waals surface area contributed by atoms with Crippen molar-refractivity contribution in [1.29, 1.82) is 0 Å². The second kappa shape index (κ2) is 9.49. The lowest BCUT2D eigenvalue weighted by Crippen LogP contribution is -2.51. The number of nitrogens with zero attached hydrogens (tertiary/aromatic N) is 1. The van der Waals surface area contributed by atoms with Crippen LogP contribution in [-0.2, 0) is 11.3 Å². The van der Waals surface area contributed by atoms with Crippen LogP contribution < -0.4 is 5.32 Å². The summed E-state index contributed by atoms with van der Waals surface area (Å²) in [4.78, 5) is 28.4. The fraction of sp³-hybridized carbons (Fsp3) is 0.417. The number of amides is 2. The van der Waals surface area contributed by atoms with Crippen LogP contribution in [0.25, 0.3) is 0 Å². The number of hydrogen-bond donors (Lipinski definition) is 1. The van der Waals surface area contributed by atoms with E-state index in [-0.39, 0.29) is 17.2 Å². The Labute approximate surface area is 177 Å². The lowest BCUT2D eigenvalue weighted by Gasteiger charge is -2.35. The molecule has 2 amide bonds. The summed E-state index contributed by atoms with van der Waals surface area (Å²) in [5.41, 5.74) is 1.73. The maximum atomic E-state index is 13.4. The molecule has 1 saturated carbocycles. The zero-order chi connectivity index (χ0) is 20.1. The monoisotopic (exact) mass is 408 g/mol. The van der Waals surface area contributed by atoms with Crippen molar-refractivity contribution in [2.24, 2.45) is 5.92 Å². The first-order valence-electron chi connectivity index (χ1n) is 10.5. The van der Waals surface area contributed by atoms with Gasteiger partial charge in [-0.2, -0.15) is 0 Å². The molecule has 0 radical (unpaired) electrons. The van der Waals surface area contributed by atoms with E-state index in [0.717, 1.165) is 18.4 Å². The number of benzene rings is 2. The van der Waals surface area contributed by atoms with Crippen LogP contribution in [0.2, 0.25) is 0 Å². The normalized spacial score (nSPS) is 22.4. The molecule has 5 heteroatoms. The van der Waals surface area contributed by atoms with Crippen LogP contribution >= 0.6 is 11.8 Å². The van der Waals surface area contributed by atoms with Gasteiger partial charge in [-0.05, 0) is 36.5 Å². The molecule has 0 spiro atoms. The van der Waals surface area contributed by atoms with Gasteiger partial charge in [0.15, 0.2) is 0 Å². The van der Waals surface area contributed by atoms with Gasteiger partial charge < -0.3 is 10.2 Å². The first kappa shape index (κ1) is 20.0. The topological polar surface area (TPSA) is 49.4 Å². The van der Waals surface area contributed by atoms with Gasteiger partial charge in [-0.15, -0.1) is 11.8 Å². The van der Waals surface area contributed by atoms with Gasteiger partial charge in [0.05, 0.1) is 5.37 Å². The summed E-state index contributed by atoms with van der Waals surface area (Å²) in [5.74, 6) is 1.07. The second-order valence-electron chi connectivity index (χ2n) is 7.92. The van der Waals surface area contributed by atoms with Crippen LogP contribution in [0.3, 0.4) is 0 Å². The van der Waals surface area contributed by atoms with Gasteiger partial charge in [-0.25, -0.2) is 0 Å². The fourth-order valence-electron chi connectivity index (χ4n) is 4.40. The minimum absolute atomic E-state index is 0.0222. The molecule has 2 fully saturated rings. The fourth-order valence-corrected chi connectivity index (χ4v) is 6.04. The summed E-state index contributed by atoms with van der Waals surface area (Å²) in [6.07, 6.45) is 6.02. The van der Waals surface area contributed by atoms with Gasteiger partial charge in [-0.1, -0.05) is 67.8 Å². The van der Waals surface area contributed by atoms with Gasteiger partial charge in [0.1, 0.15) is 6.04 Å². The van der Waals surface area contributed by atoms with Crippen LogP contribution in [-0.4, -0.2) is 33.9 Å². The van der Waals surface area contributed by atoms with Crippen molar-refractivity contribution in [2.45, 2.75) is 50.1 Å². The maximum absolute atomic E-state index is 13.4. The molecule has 1 aliphatic heterocycles. The third kappa shape index (κ3) is 4.67. The Kier molecular flexibility index (Phi) is 6.55. The van der Waals surface area contributed by atoms with Gasteiger partial charge in [0.25, 0.3) is 5.91 Å². The van der Waals surface area contributed by atoms with Crippen LogP contribution in [0.15, 0.2) is 60.7 Å². The van der Waals surface area contributed by atoms with Crippen LogP contribution in [0.5, 0.6) is 0 Å². The molecule has 2 aromatic rings. The van der Waals surface area contributed by atoms with Crippen molar-refractivity contribution in [3.05, 3.63) is 71.8 Å². The molecular formula is C24H28N2O2S. The summed E-state index contributed by atoms with van der Waals surface area (Å²) >= 11 is 1.78. The van der Waals surface area contributed by atoms with Gasteiger partial charge in [0.2, 0.25) is 5.91 Å². The molecule has 29 heavy (non-hydrogen) atoms. The van der Waals surface area contributed by atoms with E-state index < -0.39 is 6.04 Å². The van der Waals surface area contributed by atoms with Crippen molar-refractivity contribution >= 4 is 23.6 Å². The van der Waals surface area contributed by atoms with Gasteiger partial charge in [0, 0.05) is 17.9 Å². The van der Waals surface area contributed by atoms with E-state index in [0.29, 0.717) is 23.8 Å². The first-order valence-corrected chi connectivity index (χ1v) is 11.6. The number of carbonyl (C=O) groups excluding carboxylic acids is 2. The van der Waals surface area contributed by atoms with Crippen molar-refractivity contribution < 1.29 is 9.59 Å². The molecule has 4 rings (SSSR count). The van der Waals surface area contributed by atoms with E-state index in [1.165, 1.54) is 19.3 Å². The second-order valence-corrected chi connectivity index (χ2v) is 9.07. The van der Waals surface area contributed by atoms with E-state index >= 15 is 0 Å². The molecule has 4 nitrogen and oxygen atoms in total. The third-order valence-electron chi connectivity index (χ3n) is 5.96. The standard InChI is InChI=1S/C24H28N2O2S/c27-22(25-16-18-10-4-1-5-11-18)21-17-29-24(20-14-8-3-9-15-20)26(21)23(28)19-12-6-2-7-13-19/h1-2,4-7,10-13,20-21,24H,3,8-9,14-17H2,(H,25,27). The predicted molar refractivity (Wildman–Crippen MR) is 118 cm³/mol. The minimum atomic E-state index is -0.414. The van der Waals surface area contributed by atoms with E-state index in [1.807, 2.05) is 65.6 Å². The maximum Gasteiger partial charge on any atom is 0.255 e. The highest BCUT2D eigenvalue weighted by Crippen LogP contribution is 2.41. The Morgan fingerprint density at radius 1 is 0.931 bits per heavy atom. The zero-order valence-corrected chi connectivity index (χ0v) is 17.4. The summed E-state index contributed by atoms with van der Waals surface area (Å²) in [5, 5.41) is 3.15. The number of rotatable bonds is 5.